The number of carbonyl (C=O) groups excluding carboxylic acids is 2. The molecule has 0 saturated heterocycles. The van der Waals surface area contributed by atoms with Gasteiger partial charge in [-0.15, -0.1) is 11.8 Å². The van der Waals surface area contributed by atoms with Crippen molar-refractivity contribution in [3.8, 4) is 11.5 Å². The molecule has 0 fully saturated rings. The monoisotopic (exact) mass is 400 g/mol. The largest absolute Gasteiger partial charge is 0.497 e. The molecule has 2 amide bonds. The molecule has 0 aliphatic carbocycles. The summed E-state index contributed by atoms with van der Waals surface area (Å²) in [5.41, 5.74) is 1.26. The van der Waals surface area contributed by atoms with Crippen LogP contribution in [0.2, 0.25) is 0 Å². The van der Waals surface area contributed by atoms with Crippen molar-refractivity contribution in [2.45, 2.75) is 29.9 Å². The quantitative estimate of drug-likeness (QED) is 0.823. The van der Waals surface area contributed by atoms with Gasteiger partial charge >= 0.3 is 0 Å². The highest BCUT2D eigenvalue weighted by molar-refractivity contribution is 8.00. The normalized spacial score (nSPS) is 15.4. The van der Waals surface area contributed by atoms with Gasteiger partial charge in [0.2, 0.25) is 11.8 Å². The number of fused-ring (bicyclic) bond motifs is 1. The van der Waals surface area contributed by atoms with E-state index in [4.69, 9.17) is 9.47 Å². The predicted molar refractivity (Wildman–Crippen MR) is 112 cm³/mol. The zero-order valence-corrected chi connectivity index (χ0v) is 17.3. The highest BCUT2D eigenvalue weighted by Crippen LogP contribution is 2.43. The fourth-order valence-electron chi connectivity index (χ4n) is 3.11. The number of methoxy groups -OCH3 is 2. The molecule has 6 nitrogen and oxygen atoms in total. The van der Waals surface area contributed by atoms with Crippen molar-refractivity contribution in [1.29, 1.82) is 0 Å². The molecule has 1 aliphatic rings. The average molecular weight is 401 g/mol. The Balaban J connectivity index is 1.85. The van der Waals surface area contributed by atoms with E-state index in [1.54, 1.807) is 42.0 Å². The van der Waals surface area contributed by atoms with Crippen LogP contribution in [-0.4, -0.2) is 37.3 Å². The van der Waals surface area contributed by atoms with E-state index in [0.717, 1.165) is 10.6 Å². The lowest BCUT2D eigenvalue weighted by Gasteiger charge is -2.23. The van der Waals surface area contributed by atoms with Crippen LogP contribution in [0.25, 0.3) is 0 Å². The summed E-state index contributed by atoms with van der Waals surface area (Å²) in [4.78, 5) is 28.2. The van der Waals surface area contributed by atoms with E-state index in [-0.39, 0.29) is 23.1 Å². The molecular formula is C21H24N2O4S. The van der Waals surface area contributed by atoms with Crippen molar-refractivity contribution in [2.75, 3.05) is 31.0 Å². The highest BCUT2D eigenvalue weighted by Gasteiger charge is 2.33. The summed E-state index contributed by atoms with van der Waals surface area (Å²) in [7, 11) is 3.09. The molecule has 0 saturated carbocycles. The van der Waals surface area contributed by atoms with Crippen molar-refractivity contribution in [1.82, 2.24) is 0 Å². The molecule has 0 bridgehead atoms. The third kappa shape index (κ3) is 4.42. The van der Waals surface area contributed by atoms with E-state index in [2.05, 4.69) is 5.32 Å². The Morgan fingerprint density at radius 1 is 1.18 bits per heavy atom. The molecule has 0 unspecified atom stereocenters. The van der Waals surface area contributed by atoms with Crippen molar-refractivity contribution < 1.29 is 19.1 Å². The van der Waals surface area contributed by atoms with E-state index in [1.807, 2.05) is 38.1 Å². The Morgan fingerprint density at radius 2 is 1.93 bits per heavy atom. The Labute approximate surface area is 169 Å². The first-order valence-corrected chi connectivity index (χ1v) is 9.75. The maximum absolute atomic E-state index is 12.9. The zero-order chi connectivity index (χ0) is 20.3. The number of carbonyl (C=O) groups is 2. The molecule has 148 valence electrons. The van der Waals surface area contributed by atoms with Gasteiger partial charge in [0.25, 0.3) is 0 Å². The molecule has 7 heteroatoms. The van der Waals surface area contributed by atoms with E-state index in [1.165, 1.54) is 7.11 Å². The predicted octanol–water partition coefficient (Wildman–Crippen LogP) is 3.95. The molecule has 0 atom stereocenters. The van der Waals surface area contributed by atoms with Crippen molar-refractivity contribution in [3.05, 3.63) is 42.5 Å². The number of nitrogens with one attached hydrogen (secondary N) is 1. The Hall–Kier alpha value is -2.67. The zero-order valence-electron chi connectivity index (χ0n) is 16.4. The number of nitrogens with zero attached hydrogens (tertiary/aromatic N) is 1. The molecule has 2 aromatic rings. The van der Waals surface area contributed by atoms with Crippen LogP contribution < -0.4 is 19.7 Å². The van der Waals surface area contributed by atoms with Crippen molar-refractivity contribution in [3.63, 3.8) is 0 Å². The fraction of sp³-hybridized carbons (Fsp3) is 0.333. The number of amides is 2. The van der Waals surface area contributed by atoms with Gasteiger partial charge < -0.3 is 19.7 Å². The van der Waals surface area contributed by atoms with Gasteiger partial charge in [-0.2, -0.15) is 0 Å². The first-order chi connectivity index (χ1) is 13.3. The van der Waals surface area contributed by atoms with Gasteiger partial charge in [-0.25, -0.2) is 0 Å². The van der Waals surface area contributed by atoms with E-state index in [9.17, 15) is 9.59 Å². The smallest absolute Gasteiger partial charge is 0.244 e. The van der Waals surface area contributed by atoms with Crippen LogP contribution in [-0.2, 0) is 9.59 Å². The maximum atomic E-state index is 12.9. The number of para-hydroxylation sites is 1. The van der Waals surface area contributed by atoms with Crippen LogP contribution >= 0.6 is 11.8 Å². The second-order valence-corrected chi connectivity index (χ2v) is 8.85. The van der Waals surface area contributed by atoms with Crippen molar-refractivity contribution in [2.24, 2.45) is 0 Å². The second-order valence-electron chi connectivity index (χ2n) is 7.10. The molecule has 0 aromatic heterocycles. The minimum atomic E-state index is -0.306. The number of benzene rings is 2. The summed E-state index contributed by atoms with van der Waals surface area (Å²) in [6.07, 6.45) is 0.349. The molecule has 1 N–H and O–H groups in total. The summed E-state index contributed by atoms with van der Waals surface area (Å²) < 4.78 is 10.3. The van der Waals surface area contributed by atoms with E-state index >= 15 is 0 Å². The molecule has 1 aliphatic heterocycles. The van der Waals surface area contributed by atoms with Crippen LogP contribution in [0.3, 0.4) is 0 Å². The summed E-state index contributed by atoms with van der Waals surface area (Å²) in [6.45, 7) is 4.00. The summed E-state index contributed by atoms with van der Waals surface area (Å²) >= 11 is 1.65. The molecular weight excluding hydrogens is 376 g/mol. The lowest BCUT2D eigenvalue weighted by Crippen LogP contribution is -2.39. The lowest BCUT2D eigenvalue weighted by atomic mass is 10.1. The van der Waals surface area contributed by atoms with Crippen LogP contribution in [0.5, 0.6) is 11.5 Å². The summed E-state index contributed by atoms with van der Waals surface area (Å²) in [5, 5.41) is 2.83. The lowest BCUT2D eigenvalue weighted by molar-refractivity contribution is -0.121. The SMILES string of the molecule is COc1ccc(OC)c(NC(=O)CN2C(=O)CC(C)(C)Sc3ccccc32)c1. The van der Waals surface area contributed by atoms with Gasteiger partial charge in [0.15, 0.2) is 0 Å². The summed E-state index contributed by atoms with van der Waals surface area (Å²) in [5.74, 6) is 0.744. The second kappa shape index (κ2) is 8.14. The average Bonchev–Trinajstić information content (AvgIpc) is 2.74. The standard InChI is InChI=1S/C21H24N2O4S/c1-21(2)12-20(25)23(16-7-5-6-8-18(16)28-21)13-19(24)22-15-11-14(26-3)9-10-17(15)27-4/h5-11H,12-13H2,1-4H3,(H,22,24). The first-order valence-electron chi connectivity index (χ1n) is 8.93. The number of ether oxygens (including phenoxy) is 2. The van der Waals surface area contributed by atoms with Crippen LogP contribution in [0.15, 0.2) is 47.4 Å². The van der Waals surface area contributed by atoms with Crippen LogP contribution in [0, 0.1) is 0 Å². The van der Waals surface area contributed by atoms with Crippen LogP contribution in [0.4, 0.5) is 11.4 Å². The van der Waals surface area contributed by atoms with Gasteiger partial charge in [0, 0.05) is 22.1 Å². The van der Waals surface area contributed by atoms with Crippen LogP contribution in [0.1, 0.15) is 20.3 Å². The minimum Gasteiger partial charge on any atom is -0.497 e. The van der Waals surface area contributed by atoms with E-state index < -0.39 is 0 Å². The number of rotatable bonds is 5. The van der Waals surface area contributed by atoms with Gasteiger partial charge in [-0.3, -0.25) is 9.59 Å². The minimum absolute atomic E-state index is 0.0739. The molecule has 3 rings (SSSR count). The van der Waals surface area contributed by atoms with Gasteiger partial charge in [0.05, 0.1) is 25.6 Å². The third-order valence-electron chi connectivity index (χ3n) is 4.40. The molecule has 2 aromatic carbocycles. The number of hydrogen-bond acceptors (Lipinski definition) is 5. The molecule has 0 radical (unpaired) electrons. The first kappa shape index (κ1) is 20.1. The maximum Gasteiger partial charge on any atom is 0.244 e. The fourth-order valence-corrected chi connectivity index (χ4v) is 4.33. The molecule has 28 heavy (non-hydrogen) atoms. The molecule has 0 spiro atoms. The topological polar surface area (TPSA) is 67.9 Å². The number of hydrogen-bond donors (Lipinski definition) is 1. The Kier molecular flexibility index (Phi) is 5.84. The Morgan fingerprint density at radius 3 is 2.64 bits per heavy atom. The Bertz CT molecular complexity index is 898. The van der Waals surface area contributed by atoms with E-state index in [0.29, 0.717) is 23.6 Å². The third-order valence-corrected chi connectivity index (χ3v) is 5.66. The number of anilines is 2. The van der Waals surface area contributed by atoms with Gasteiger partial charge in [-0.05, 0) is 38.1 Å². The highest BCUT2D eigenvalue weighted by atomic mass is 32.2. The van der Waals surface area contributed by atoms with Crippen molar-refractivity contribution >= 4 is 35.0 Å². The summed E-state index contributed by atoms with van der Waals surface area (Å²) in [6, 6.07) is 12.8. The number of thioether (sulfide) groups is 1. The van der Waals surface area contributed by atoms with Gasteiger partial charge in [0.1, 0.15) is 18.0 Å². The van der Waals surface area contributed by atoms with Gasteiger partial charge in [-0.1, -0.05) is 12.1 Å². The molecule has 1 heterocycles.